The number of fused-ring (bicyclic) bond motifs is 1. The monoisotopic (exact) mass is 360 g/mol. The predicted molar refractivity (Wildman–Crippen MR) is 94.5 cm³/mol. The van der Waals surface area contributed by atoms with E-state index in [4.69, 9.17) is 9.47 Å². The average molecular weight is 360 g/mol. The zero-order chi connectivity index (χ0) is 17.9. The van der Waals surface area contributed by atoms with Crippen molar-refractivity contribution in [2.45, 2.75) is 32.9 Å². The highest BCUT2D eigenvalue weighted by molar-refractivity contribution is 5.44. The summed E-state index contributed by atoms with van der Waals surface area (Å²) in [7, 11) is 0. The standard InChI is InChI=1S/C18H26N6O2/c1-3-15(23-9-7-22(4-2)8-10-23)18-19-20-21-24(18)12-14-5-6-16-17(11-14)26-13-25-16/h5-6,11,15H,3-4,7-10,12-13H2,1-2H3/p+2/t15-/m0/s1. The van der Waals surface area contributed by atoms with E-state index in [9.17, 15) is 0 Å². The van der Waals surface area contributed by atoms with Gasteiger partial charge >= 0.3 is 0 Å². The lowest BCUT2D eigenvalue weighted by Crippen LogP contribution is -3.28. The molecule has 2 aliphatic heterocycles. The lowest BCUT2D eigenvalue weighted by molar-refractivity contribution is -1.03. The molecule has 1 saturated heterocycles. The molecule has 1 atom stereocenters. The minimum Gasteiger partial charge on any atom is -0.454 e. The molecular weight excluding hydrogens is 332 g/mol. The van der Waals surface area contributed by atoms with Crippen molar-refractivity contribution < 1.29 is 19.3 Å². The number of likely N-dealkylation sites (N-methyl/N-ethyl adjacent to an activating group) is 1. The molecule has 0 amide bonds. The molecule has 1 fully saturated rings. The molecule has 140 valence electrons. The summed E-state index contributed by atoms with van der Waals surface area (Å²) in [5, 5.41) is 12.6. The van der Waals surface area contributed by atoms with Crippen LogP contribution in [0.3, 0.4) is 0 Å². The van der Waals surface area contributed by atoms with Crippen LogP contribution in [0.25, 0.3) is 0 Å². The lowest BCUT2D eigenvalue weighted by atomic mass is 10.1. The smallest absolute Gasteiger partial charge is 0.231 e. The molecule has 1 aromatic heterocycles. The molecule has 4 rings (SSSR count). The molecular formula is C18H28N6O2+2. The van der Waals surface area contributed by atoms with Crippen LogP contribution in [0, 0.1) is 0 Å². The van der Waals surface area contributed by atoms with Crippen molar-refractivity contribution in [1.82, 2.24) is 20.2 Å². The minimum absolute atomic E-state index is 0.294. The Hall–Kier alpha value is -2.19. The number of hydrogen-bond donors (Lipinski definition) is 2. The molecule has 2 N–H and O–H groups in total. The van der Waals surface area contributed by atoms with E-state index in [0.29, 0.717) is 19.4 Å². The van der Waals surface area contributed by atoms with Gasteiger partial charge in [0.15, 0.2) is 11.5 Å². The number of ether oxygens (including phenoxy) is 2. The van der Waals surface area contributed by atoms with Gasteiger partial charge in [0, 0.05) is 6.42 Å². The second-order valence-electron chi connectivity index (χ2n) is 7.10. The normalized spacial score (nSPS) is 23.2. The van der Waals surface area contributed by atoms with E-state index in [2.05, 4.69) is 35.4 Å². The Morgan fingerprint density at radius 2 is 1.92 bits per heavy atom. The van der Waals surface area contributed by atoms with Crippen LogP contribution in [0.2, 0.25) is 0 Å². The van der Waals surface area contributed by atoms with E-state index >= 15 is 0 Å². The molecule has 2 aliphatic rings. The highest BCUT2D eigenvalue weighted by atomic mass is 16.7. The molecule has 3 heterocycles. The van der Waals surface area contributed by atoms with Gasteiger partial charge in [-0.3, -0.25) is 0 Å². The second kappa shape index (κ2) is 7.59. The van der Waals surface area contributed by atoms with Crippen LogP contribution in [0.1, 0.15) is 37.7 Å². The van der Waals surface area contributed by atoms with Gasteiger partial charge < -0.3 is 19.3 Å². The Balaban J connectivity index is 1.50. The third-order valence-corrected chi connectivity index (χ3v) is 5.64. The Morgan fingerprint density at radius 1 is 1.12 bits per heavy atom. The topological polar surface area (TPSA) is 70.9 Å². The fraction of sp³-hybridized carbons (Fsp3) is 0.611. The Labute approximate surface area is 153 Å². The van der Waals surface area contributed by atoms with E-state index in [1.165, 1.54) is 32.7 Å². The number of aromatic nitrogens is 4. The van der Waals surface area contributed by atoms with E-state index in [0.717, 1.165) is 29.3 Å². The van der Waals surface area contributed by atoms with Gasteiger partial charge in [0.05, 0.1) is 13.1 Å². The number of nitrogens with zero attached hydrogens (tertiary/aromatic N) is 4. The van der Waals surface area contributed by atoms with Crippen LogP contribution in [0.5, 0.6) is 11.5 Å². The molecule has 8 nitrogen and oxygen atoms in total. The van der Waals surface area contributed by atoms with Crippen molar-refractivity contribution in [2.24, 2.45) is 0 Å². The zero-order valence-electron chi connectivity index (χ0n) is 15.6. The maximum atomic E-state index is 5.48. The Morgan fingerprint density at radius 3 is 2.69 bits per heavy atom. The maximum Gasteiger partial charge on any atom is 0.231 e. The lowest BCUT2D eigenvalue weighted by Gasteiger charge is -2.33. The summed E-state index contributed by atoms with van der Waals surface area (Å²) in [6.45, 7) is 11.5. The quantitative estimate of drug-likeness (QED) is 0.671. The average Bonchev–Trinajstić information content (AvgIpc) is 3.32. The first-order valence-corrected chi connectivity index (χ1v) is 9.61. The van der Waals surface area contributed by atoms with E-state index in [-0.39, 0.29) is 0 Å². The molecule has 1 aromatic carbocycles. The number of quaternary nitrogens is 2. The first kappa shape index (κ1) is 17.2. The molecule has 0 saturated carbocycles. The third-order valence-electron chi connectivity index (χ3n) is 5.64. The molecule has 26 heavy (non-hydrogen) atoms. The Kier molecular flexibility index (Phi) is 5.03. The first-order chi connectivity index (χ1) is 12.8. The highest BCUT2D eigenvalue weighted by Crippen LogP contribution is 2.32. The van der Waals surface area contributed by atoms with Crippen molar-refractivity contribution in [3.05, 3.63) is 29.6 Å². The zero-order valence-corrected chi connectivity index (χ0v) is 15.6. The molecule has 0 radical (unpaired) electrons. The summed E-state index contributed by atoms with van der Waals surface area (Å²) in [4.78, 5) is 3.30. The molecule has 2 aromatic rings. The number of hydrogen-bond acceptors (Lipinski definition) is 5. The van der Waals surface area contributed by atoms with Gasteiger partial charge in [-0.25, -0.2) is 4.68 Å². The summed E-state index contributed by atoms with van der Waals surface area (Å²) in [5.74, 6) is 2.59. The van der Waals surface area contributed by atoms with Gasteiger partial charge in [-0.05, 0) is 35.0 Å². The summed E-state index contributed by atoms with van der Waals surface area (Å²) < 4.78 is 12.8. The predicted octanol–water partition coefficient (Wildman–Crippen LogP) is -1.30. The van der Waals surface area contributed by atoms with Gasteiger partial charge in [0.25, 0.3) is 0 Å². The fourth-order valence-corrected chi connectivity index (χ4v) is 4.07. The Bertz CT molecular complexity index is 741. The SMILES string of the molecule is CC[C@@H](c1nnnn1Cc1ccc2c(c1)OCO2)[NH+]1CC[NH+](CC)CC1. The summed E-state index contributed by atoms with van der Waals surface area (Å²) in [6, 6.07) is 6.37. The van der Waals surface area contributed by atoms with Crippen LogP contribution in [-0.4, -0.2) is 59.7 Å². The van der Waals surface area contributed by atoms with Crippen molar-refractivity contribution >= 4 is 0 Å². The highest BCUT2D eigenvalue weighted by Gasteiger charge is 2.32. The molecule has 0 unspecified atom stereocenters. The van der Waals surface area contributed by atoms with Crippen LogP contribution in [-0.2, 0) is 6.54 Å². The summed E-state index contributed by atoms with van der Waals surface area (Å²) in [5.41, 5.74) is 1.12. The van der Waals surface area contributed by atoms with E-state index in [1.807, 2.05) is 16.8 Å². The van der Waals surface area contributed by atoms with Crippen molar-refractivity contribution in [3.63, 3.8) is 0 Å². The maximum absolute atomic E-state index is 5.48. The molecule has 0 bridgehead atoms. The van der Waals surface area contributed by atoms with E-state index in [1.54, 1.807) is 9.80 Å². The largest absolute Gasteiger partial charge is 0.454 e. The van der Waals surface area contributed by atoms with Gasteiger partial charge in [0.2, 0.25) is 12.6 Å². The molecule has 0 aliphatic carbocycles. The number of nitrogens with one attached hydrogen (secondary N) is 2. The second-order valence-corrected chi connectivity index (χ2v) is 7.10. The van der Waals surface area contributed by atoms with Gasteiger partial charge in [-0.2, -0.15) is 0 Å². The third kappa shape index (κ3) is 3.39. The van der Waals surface area contributed by atoms with Crippen LogP contribution < -0.4 is 19.3 Å². The van der Waals surface area contributed by atoms with Gasteiger partial charge in [-0.1, -0.05) is 13.0 Å². The van der Waals surface area contributed by atoms with Crippen molar-refractivity contribution in [2.75, 3.05) is 39.5 Å². The minimum atomic E-state index is 0.294. The number of tetrazole rings is 1. The van der Waals surface area contributed by atoms with Gasteiger partial charge in [-0.15, -0.1) is 5.10 Å². The number of benzene rings is 1. The number of piperazine rings is 1. The summed E-state index contributed by atoms with van der Waals surface area (Å²) in [6.07, 6.45) is 1.04. The summed E-state index contributed by atoms with van der Waals surface area (Å²) >= 11 is 0. The van der Waals surface area contributed by atoms with E-state index < -0.39 is 0 Å². The fourth-order valence-electron chi connectivity index (χ4n) is 4.07. The van der Waals surface area contributed by atoms with Crippen molar-refractivity contribution in [1.29, 1.82) is 0 Å². The van der Waals surface area contributed by atoms with Crippen LogP contribution in [0.15, 0.2) is 18.2 Å². The number of rotatable bonds is 6. The molecule has 0 spiro atoms. The van der Waals surface area contributed by atoms with Crippen LogP contribution in [0.4, 0.5) is 0 Å². The molecule has 8 heteroatoms. The van der Waals surface area contributed by atoms with Crippen LogP contribution >= 0.6 is 0 Å². The van der Waals surface area contributed by atoms with Gasteiger partial charge in [0.1, 0.15) is 32.2 Å². The first-order valence-electron chi connectivity index (χ1n) is 9.61. The van der Waals surface area contributed by atoms with Crippen molar-refractivity contribution in [3.8, 4) is 11.5 Å².